The van der Waals surface area contributed by atoms with Gasteiger partial charge in [0.1, 0.15) is 0 Å². The van der Waals surface area contributed by atoms with Crippen LogP contribution in [0.1, 0.15) is 19.4 Å². The van der Waals surface area contributed by atoms with Crippen molar-refractivity contribution in [3.63, 3.8) is 0 Å². The van der Waals surface area contributed by atoms with Gasteiger partial charge < -0.3 is 0 Å². The molecule has 0 fully saturated rings. The molecule has 0 radical (unpaired) electrons. The molecule has 0 amide bonds. The first kappa shape index (κ1) is 15.8. The molecule has 0 atom stereocenters. The van der Waals surface area contributed by atoms with Gasteiger partial charge in [0, 0.05) is 31.4 Å². The van der Waals surface area contributed by atoms with Gasteiger partial charge >= 0.3 is 0 Å². The molecule has 92 valence electrons. The Morgan fingerprint density at radius 1 is 0.938 bits per heavy atom. The number of halogens is 2. The summed E-state index contributed by atoms with van der Waals surface area (Å²) in [5.41, 5.74) is 1.31. The molecule has 1 aromatic carbocycles. The van der Waals surface area contributed by atoms with Gasteiger partial charge in [-0.25, -0.2) is 0 Å². The van der Waals surface area contributed by atoms with E-state index in [9.17, 15) is 0 Å². The van der Waals surface area contributed by atoms with Crippen LogP contribution in [0.15, 0.2) is 30.3 Å². The van der Waals surface area contributed by atoms with Gasteiger partial charge in [0.25, 0.3) is 0 Å². The maximum atomic E-state index is 5.71. The summed E-state index contributed by atoms with van der Waals surface area (Å²) < 4.78 is 0. The smallest absolute Gasteiger partial charge is 0.0351 e. The third-order valence-electron chi connectivity index (χ3n) is 2.05. The minimum Gasteiger partial charge on any atom is -0.297 e. The highest BCUT2D eigenvalue weighted by Crippen LogP contribution is 2.04. The average molecular weight is 262 g/mol. The molecule has 0 spiro atoms. The lowest BCUT2D eigenvalue weighted by molar-refractivity contribution is 0.299. The zero-order chi connectivity index (χ0) is 12.2. The lowest BCUT2D eigenvalue weighted by Crippen LogP contribution is -2.27. The van der Waals surface area contributed by atoms with E-state index in [2.05, 4.69) is 29.2 Å². The van der Waals surface area contributed by atoms with E-state index in [0.717, 1.165) is 19.6 Å². The molecule has 1 rings (SSSR count). The van der Waals surface area contributed by atoms with Crippen molar-refractivity contribution in [2.75, 3.05) is 24.8 Å². The van der Waals surface area contributed by atoms with Crippen molar-refractivity contribution in [2.45, 2.75) is 20.4 Å². The van der Waals surface area contributed by atoms with Crippen LogP contribution in [0.3, 0.4) is 0 Å². The molecule has 0 saturated heterocycles. The molecule has 0 aromatic heterocycles. The number of hydrogen-bond acceptors (Lipinski definition) is 1. The Bertz CT molecular complexity index is 233. The molecule has 3 heteroatoms. The molecule has 0 bridgehead atoms. The van der Waals surface area contributed by atoms with Crippen LogP contribution in [0.2, 0.25) is 0 Å². The first-order valence-electron chi connectivity index (χ1n) is 5.75. The maximum Gasteiger partial charge on any atom is 0.0351 e. The van der Waals surface area contributed by atoms with Crippen molar-refractivity contribution in [2.24, 2.45) is 0 Å². The summed E-state index contributed by atoms with van der Waals surface area (Å²) in [6, 6.07) is 10.4. The Hall–Kier alpha value is -0.240. The summed E-state index contributed by atoms with van der Waals surface area (Å²) in [6.45, 7) is 6.71. The molecule has 1 aromatic rings. The minimum atomic E-state index is 0.656. The monoisotopic (exact) mass is 261 g/mol. The van der Waals surface area contributed by atoms with Gasteiger partial charge in [-0.05, 0) is 5.56 Å². The van der Waals surface area contributed by atoms with Crippen LogP contribution in [0.25, 0.3) is 0 Å². The van der Waals surface area contributed by atoms with Crippen molar-refractivity contribution in [3.8, 4) is 0 Å². The van der Waals surface area contributed by atoms with Gasteiger partial charge in [-0.3, -0.25) is 4.90 Å². The van der Waals surface area contributed by atoms with E-state index in [1.54, 1.807) is 0 Å². The summed E-state index contributed by atoms with van der Waals surface area (Å²) in [4.78, 5) is 2.26. The van der Waals surface area contributed by atoms with E-state index in [-0.39, 0.29) is 0 Å². The Morgan fingerprint density at radius 2 is 1.44 bits per heavy atom. The standard InChI is InChI=1S/C11H15Cl2N.C2H6/c12-6-8-14(9-7-13)10-11-4-2-1-3-5-11;1-2/h1-5H,6-10H2;1-2H3. The zero-order valence-electron chi connectivity index (χ0n) is 10.1. The van der Waals surface area contributed by atoms with Gasteiger partial charge in [-0.15, -0.1) is 23.2 Å². The molecule has 0 saturated carbocycles. The molecule has 1 nitrogen and oxygen atoms in total. The highest BCUT2D eigenvalue weighted by Gasteiger charge is 2.03. The molecular weight excluding hydrogens is 241 g/mol. The third-order valence-corrected chi connectivity index (χ3v) is 2.39. The molecule has 16 heavy (non-hydrogen) atoms. The van der Waals surface area contributed by atoms with Crippen LogP contribution < -0.4 is 0 Å². The predicted molar refractivity (Wildman–Crippen MR) is 74.5 cm³/mol. The maximum absolute atomic E-state index is 5.71. The van der Waals surface area contributed by atoms with Crippen LogP contribution in [-0.2, 0) is 6.54 Å². The fourth-order valence-corrected chi connectivity index (χ4v) is 1.83. The third kappa shape index (κ3) is 7.10. The molecular formula is C13H21Cl2N. The Labute approximate surface area is 109 Å². The molecule has 0 unspecified atom stereocenters. The second-order valence-electron chi connectivity index (χ2n) is 3.14. The second kappa shape index (κ2) is 11.3. The Balaban J connectivity index is 0.00000106. The summed E-state index contributed by atoms with van der Waals surface area (Å²) in [5.74, 6) is 1.31. The van der Waals surface area contributed by atoms with Gasteiger partial charge in [-0.1, -0.05) is 44.2 Å². The fraction of sp³-hybridized carbons (Fsp3) is 0.538. The molecule has 0 heterocycles. The van der Waals surface area contributed by atoms with Crippen LogP contribution >= 0.6 is 23.2 Å². The number of rotatable bonds is 6. The van der Waals surface area contributed by atoms with E-state index in [0.29, 0.717) is 11.8 Å². The highest BCUT2D eigenvalue weighted by atomic mass is 35.5. The molecule has 0 aliphatic rings. The van der Waals surface area contributed by atoms with E-state index in [1.807, 2.05) is 19.9 Å². The SMILES string of the molecule is CC.ClCCN(CCCl)Cc1ccccc1. The van der Waals surface area contributed by atoms with Gasteiger partial charge in [0.15, 0.2) is 0 Å². The largest absolute Gasteiger partial charge is 0.297 e. The lowest BCUT2D eigenvalue weighted by Gasteiger charge is -2.19. The average Bonchev–Trinajstić information content (AvgIpc) is 2.34. The summed E-state index contributed by atoms with van der Waals surface area (Å²) >= 11 is 11.4. The van der Waals surface area contributed by atoms with Crippen LogP contribution in [-0.4, -0.2) is 29.7 Å². The summed E-state index contributed by atoms with van der Waals surface area (Å²) in [5, 5.41) is 0. The van der Waals surface area contributed by atoms with E-state index in [4.69, 9.17) is 23.2 Å². The minimum absolute atomic E-state index is 0.656. The molecule has 0 aliphatic carbocycles. The van der Waals surface area contributed by atoms with Crippen molar-refractivity contribution < 1.29 is 0 Å². The molecule has 0 N–H and O–H groups in total. The fourth-order valence-electron chi connectivity index (χ4n) is 1.35. The van der Waals surface area contributed by atoms with E-state index < -0.39 is 0 Å². The molecule has 0 aliphatic heterocycles. The lowest BCUT2D eigenvalue weighted by atomic mass is 10.2. The Morgan fingerprint density at radius 3 is 1.88 bits per heavy atom. The number of benzene rings is 1. The Kier molecular flexibility index (Phi) is 11.1. The topological polar surface area (TPSA) is 3.24 Å². The van der Waals surface area contributed by atoms with Crippen molar-refractivity contribution >= 4 is 23.2 Å². The van der Waals surface area contributed by atoms with Crippen molar-refractivity contribution in [1.82, 2.24) is 4.90 Å². The summed E-state index contributed by atoms with van der Waals surface area (Å²) in [6.07, 6.45) is 0. The van der Waals surface area contributed by atoms with Gasteiger partial charge in [0.2, 0.25) is 0 Å². The first-order valence-corrected chi connectivity index (χ1v) is 6.82. The first-order chi connectivity index (χ1) is 7.86. The number of nitrogens with zero attached hydrogens (tertiary/aromatic N) is 1. The van der Waals surface area contributed by atoms with Crippen molar-refractivity contribution in [3.05, 3.63) is 35.9 Å². The predicted octanol–water partition coefficient (Wildman–Crippen LogP) is 3.99. The quantitative estimate of drug-likeness (QED) is 0.700. The normalized spacial score (nSPS) is 9.81. The highest BCUT2D eigenvalue weighted by molar-refractivity contribution is 6.18. The van der Waals surface area contributed by atoms with Gasteiger partial charge in [0.05, 0.1) is 0 Å². The van der Waals surface area contributed by atoms with E-state index in [1.165, 1.54) is 5.56 Å². The van der Waals surface area contributed by atoms with E-state index >= 15 is 0 Å². The van der Waals surface area contributed by atoms with Gasteiger partial charge in [-0.2, -0.15) is 0 Å². The van der Waals surface area contributed by atoms with Crippen LogP contribution in [0, 0.1) is 0 Å². The van der Waals surface area contributed by atoms with Crippen molar-refractivity contribution in [1.29, 1.82) is 0 Å². The number of alkyl halides is 2. The van der Waals surface area contributed by atoms with Crippen LogP contribution in [0.5, 0.6) is 0 Å². The number of hydrogen-bond donors (Lipinski definition) is 0. The summed E-state index contributed by atoms with van der Waals surface area (Å²) in [7, 11) is 0. The second-order valence-corrected chi connectivity index (χ2v) is 3.90. The van der Waals surface area contributed by atoms with Crippen LogP contribution in [0.4, 0.5) is 0 Å². The zero-order valence-corrected chi connectivity index (χ0v) is 11.6.